The van der Waals surface area contributed by atoms with E-state index in [0.29, 0.717) is 41.9 Å². The van der Waals surface area contributed by atoms with Gasteiger partial charge >= 0.3 is 0 Å². The normalized spacial score (nSPS) is 21.1. The molecule has 5 nitrogen and oxygen atoms in total. The molecule has 0 bridgehead atoms. The molecular formula is C37H46Cl2N2O3Si. The fraction of sp³-hybridized carbons (Fsp3) is 0.432. The summed E-state index contributed by atoms with van der Waals surface area (Å²) >= 11 is 12.8. The highest BCUT2D eigenvalue weighted by atomic mass is 35.5. The summed E-state index contributed by atoms with van der Waals surface area (Å²) in [5.41, 5.74) is 2.70. The summed E-state index contributed by atoms with van der Waals surface area (Å²) in [4.78, 5) is 7.39. The minimum absolute atomic E-state index is 0.0169. The zero-order valence-corrected chi connectivity index (χ0v) is 30.0. The van der Waals surface area contributed by atoms with Crippen LogP contribution in [0.5, 0.6) is 5.88 Å². The van der Waals surface area contributed by atoms with Gasteiger partial charge in [-0.05, 0) is 85.4 Å². The standard InChI is InChI=1S/C37H46Cl2N2O3Si/c1-25(26-11-9-8-10-12-26)41-20-19-37(42,23-31(41)24-44-45(6,7)36(2,3)4)34(27-13-15-29(38)16-14-27)32-22-28-21-30(39)17-18-33(28)40-35(32)43-5/h8-18,21-22,25,31,34,42H,19-20,23-24H2,1-7H3. The minimum Gasteiger partial charge on any atom is -0.481 e. The lowest BCUT2D eigenvalue weighted by Gasteiger charge is -2.50. The van der Waals surface area contributed by atoms with Gasteiger partial charge < -0.3 is 14.3 Å². The lowest BCUT2D eigenvalue weighted by molar-refractivity contribution is -0.0778. The van der Waals surface area contributed by atoms with Crippen molar-refractivity contribution in [2.45, 2.75) is 82.3 Å². The SMILES string of the molecule is COc1nc2ccc(Cl)cc2cc1C(c1ccc(Cl)cc1)C1(O)CCN(C(C)c2ccccc2)C(CO[Si](C)(C)C(C)(C)C)C1. The molecule has 2 heterocycles. The molecule has 4 unspecified atom stereocenters. The van der Waals surface area contributed by atoms with Crippen LogP contribution in [-0.2, 0) is 4.43 Å². The lowest BCUT2D eigenvalue weighted by Crippen LogP contribution is -2.56. The summed E-state index contributed by atoms with van der Waals surface area (Å²) in [6.07, 6.45) is 1.08. The molecule has 0 aliphatic carbocycles. The Morgan fingerprint density at radius 2 is 1.64 bits per heavy atom. The molecule has 3 aromatic carbocycles. The number of fused-ring (bicyclic) bond motifs is 1. The van der Waals surface area contributed by atoms with Gasteiger partial charge in [0.2, 0.25) is 5.88 Å². The van der Waals surface area contributed by atoms with E-state index in [9.17, 15) is 5.11 Å². The first-order valence-corrected chi connectivity index (χ1v) is 19.5. The molecule has 8 heteroatoms. The van der Waals surface area contributed by atoms with E-state index in [1.165, 1.54) is 5.56 Å². The number of nitrogens with zero attached hydrogens (tertiary/aromatic N) is 2. The number of halogens is 2. The first kappa shape index (κ1) is 33.9. The Kier molecular flexibility index (Phi) is 10.1. The number of hydrogen-bond acceptors (Lipinski definition) is 5. The number of benzene rings is 3. The van der Waals surface area contributed by atoms with E-state index >= 15 is 0 Å². The first-order valence-electron chi connectivity index (χ1n) is 15.8. The van der Waals surface area contributed by atoms with Crippen molar-refractivity contribution in [2.24, 2.45) is 0 Å². The van der Waals surface area contributed by atoms with E-state index in [1.807, 2.05) is 42.5 Å². The molecule has 0 saturated carbocycles. The zero-order valence-electron chi connectivity index (χ0n) is 27.5. The predicted octanol–water partition coefficient (Wildman–Crippen LogP) is 9.66. The number of rotatable bonds is 9. The molecule has 45 heavy (non-hydrogen) atoms. The van der Waals surface area contributed by atoms with Crippen molar-refractivity contribution < 1.29 is 14.3 Å². The fourth-order valence-electron chi connectivity index (χ4n) is 6.45. The monoisotopic (exact) mass is 664 g/mol. The van der Waals surface area contributed by atoms with Gasteiger partial charge in [0.1, 0.15) is 0 Å². The number of pyridine rings is 1. The topological polar surface area (TPSA) is 54.8 Å². The van der Waals surface area contributed by atoms with Crippen molar-refractivity contribution in [1.82, 2.24) is 9.88 Å². The van der Waals surface area contributed by atoms with Crippen LogP contribution in [-0.4, -0.2) is 55.2 Å². The number of likely N-dealkylation sites (tertiary alicyclic amines) is 1. The third kappa shape index (κ3) is 7.27. The molecule has 1 aromatic heterocycles. The van der Waals surface area contributed by atoms with Crippen LogP contribution in [0.4, 0.5) is 0 Å². The first-order chi connectivity index (χ1) is 21.2. The second-order valence-corrected chi connectivity index (χ2v) is 19.7. The number of piperidine rings is 1. The van der Waals surface area contributed by atoms with Gasteiger partial charge in [-0.1, -0.05) is 86.4 Å². The smallest absolute Gasteiger partial charge is 0.217 e. The highest BCUT2D eigenvalue weighted by Crippen LogP contribution is 2.48. The van der Waals surface area contributed by atoms with Crippen molar-refractivity contribution in [3.05, 3.63) is 106 Å². The van der Waals surface area contributed by atoms with E-state index < -0.39 is 19.8 Å². The zero-order chi connectivity index (χ0) is 32.6. The molecular weight excluding hydrogens is 619 g/mol. The maximum atomic E-state index is 13.0. The van der Waals surface area contributed by atoms with Crippen LogP contribution < -0.4 is 4.74 Å². The van der Waals surface area contributed by atoms with Crippen molar-refractivity contribution in [2.75, 3.05) is 20.3 Å². The molecule has 4 atom stereocenters. The van der Waals surface area contributed by atoms with E-state index in [-0.39, 0.29) is 17.1 Å². The van der Waals surface area contributed by atoms with E-state index in [4.69, 9.17) is 37.3 Å². The van der Waals surface area contributed by atoms with E-state index in [1.54, 1.807) is 7.11 Å². The molecule has 1 fully saturated rings. The van der Waals surface area contributed by atoms with Crippen molar-refractivity contribution in [3.63, 3.8) is 0 Å². The summed E-state index contributed by atoms with van der Waals surface area (Å²) in [5, 5.41) is 15.2. The van der Waals surface area contributed by atoms with Crippen molar-refractivity contribution >= 4 is 42.4 Å². The molecule has 0 amide bonds. The predicted molar refractivity (Wildman–Crippen MR) is 189 cm³/mol. The van der Waals surface area contributed by atoms with Crippen LogP contribution in [0, 0.1) is 0 Å². The lowest BCUT2D eigenvalue weighted by atomic mass is 9.70. The Labute approximate surface area is 279 Å². The fourth-order valence-corrected chi connectivity index (χ4v) is 7.80. The van der Waals surface area contributed by atoms with Crippen LogP contribution in [0.25, 0.3) is 10.9 Å². The molecule has 1 saturated heterocycles. The molecule has 1 N–H and O–H groups in total. The molecule has 1 aliphatic heterocycles. The Morgan fingerprint density at radius 3 is 2.29 bits per heavy atom. The van der Waals surface area contributed by atoms with Gasteiger partial charge in [-0.25, -0.2) is 4.98 Å². The Morgan fingerprint density at radius 1 is 0.978 bits per heavy atom. The highest BCUT2D eigenvalue weighted by Gasteiger charge is 2.48. The van der Waals surface area contributed by atoms with Crippen molar-refractivity contribution in [1.29, 1.82) is 0 Å². The summed E-state index contributed by atoms with van der Waals surface area (Å²) in [6.45, 7) is 14.9. The molecule has 5 rings (SSSR count). The van der Waals surface area contributed by atoms with Crippen LogP contribution in [0.3, 0.4) is 0 Å². The van der Waals surface area contributed by atoms with Gasteiger partial charge in [-0.15, -0.1) is 0 Å². The minimum atomic E-state index is -2.06. The van der Waals surface area contributed by atoms with Gasteiger partial charge in [-0.3, -0.25) is 4.90 Å². The molecule has 1 aliphatic rings. The number of hydrogen-bond donors (Lipinski definition) is 1. The average molecular weight is 666 g/mol. The van der Waals surface area contributed by atoms with Gasteiger partial charge in [-0.2, -0.15) is 0 Å². The largest absolute Gasteiger partial charge is 0.481 e. The summed E-state index contributed by atoms with van der Waals surface area (Å²) < 4.78 is 12.8. The summed E-state index contributed by atoms with van der Waals surface area (Å²) in [7, 11) is -0.421. The van der Waals surface area contributed by atoms with E-state index in [2.05, 4.69) is 82.1 Å². The maximum absolute atomic E-state index is 13.0. The molecule has 240 valence electrons. The number of methoxy groups -OCH3 is 1. The van der Waals surface area contributed by atoms with Crippen LogP contribution >= 0.6 is 23.2 Å². The number of aromatic nitrogens is 1. The second kappa shape index (κ2) is 13.3. The molecule has 0 spiro atoms. The summed E-state index contributed by atoms with van der Waals surface area (Å²) in [6, 6.07) is 26.3. The van der Waals surface area contributed by atoms with Gasteiger partial charge in [0.05, 0.1) is 18.2 Å². The number of ether oxygens (including phenoxy) is 1. The van der Waals surface area contributed by atoms with Gasteiger partial charge in [0.15, 0.2) is 8.32 Å². The highest BCUT2D eigenvalue weighted by molar-refractivity contribution is 6.74. The number of aliphatic hydroxyl groups is 1. The Bertz CT molecular complexity index is 1610. The van der Waals surface area contributed by atoms with Gasteiger partial charge in [0.25, 0.3) is 0 Å². The van der Waals surface area contributed by atoms with Crippen LogP contribution in [0.1, 0.15) is 69.2 Å². The molecule has 0 radical (unpaired) electrons. The average Bonchev–Trinajstić information content (AvgIpc) is 3.00. The van der Waals surface area contributed by atoms with Crippen LogP contribution in [0.2, 0.25) is 28.2 Å². The van der Waals surface area contributed by atoms with E-state index in [0.717, 1.165) is 22.0 Å². The van der Waals surface area contributed by atoms with Gasteiger partial charge in [0, 0.05) is 52.1 Å². The Hall–Kier alpha value is -2.45. The molecule has 4 aromatic rings. The maximum Gasteiger partial charge on any atom is 0.217 e. The second-order valence-electron chi connectivity index (χ2n) is 14.0. The third-order valence-electron chi connectivity index (χ3n) is 10.1. The summed E-state index contributed by atoms with van der Waals surface area (Å²) in [5.74, 6) is 0.0671. The third-order valence-corrected chi connectivity index (χ3v) is 15.1. The van der Waals surface area contributed by atoms with Crippen LogP contribution in [0.15, 0.2) is 78.9 Å². The van der Waals surface area contributed by atoms with Crippen molar-refractivity contribution in [3.8, 4) is 5.88 Å². The Balaban J connectivity index is 1.60. The quantitative estimate of drug-likeness (QED) is 0.181.